The van der Waals surface area contributed by atoms with E-state index in [4.69, 9.17) is 15.1 Å². The fraction of sp³-hybridized carbons (Fsp3) is 0.258. The third kappa shape index (κ3) is 5.52. The van der Waals surface area contributed by atoms with Crippen molar-refractivity contribution in [2.75, 3.05) is 13.1 Å². The highest BCUT2D eigenvalue weighted by Gasteiger charge is 2.34. The van der Waals surface area contributed by atoms with Gasteiger partial charge < -0.3 is 15.1 Å². The largest absolute Gasteiger partial charge is 0.448 e. The van der Waals surface area contributed by atoms with Crippen LogP contribution in [0.2, 0.25) is 0 Å². The Bertz CT molecular complexity index is 1800. The number of halogens is 4. The Hall–Kier alpha value is -4.51. The van der Waals surface area contributed by atoms with E-state index in [1.54, 1.807) is 0 Å². The molecule has 2 N–H and O–H groups in total. The molecule has 0 aliphatic heterocycles. The van der Waals surface area contributed by atoms with Gasteiger partial charge in [-0.15, -0.1) is 0 Å². The molecule has 0 saturated heterocycles. The van der Waals surface area contributed by atoms with Gasteiger partial charge in [-0.1, -0.05) is 44.2 Å². The monoisotopic (exact) mass is 580 g/mol. The second-order valence-corrected chi connectivity index (χ2v) is 10.3. The summed E-state index contributed by atoms with van der Waals surface area (Å²) in [7, 11) is 0. The molecule has 5 rings (SSSR count). The lowest BCUT2D eigenvalue weighted by Gasteiger charge is -2.35. The van der Waals surface area contributed by atoms with Crippen LogP contribution in [0.15, 0.2) is 82.0 Å². The molecule has 1 atom stereocenters. The predicted octanol–water partition coefficient (Wildman–Crippen LogP) is 6.15. The van der Waals surface area contributed by atoms with Crippen molar-refractivity contribution in [3.05, 3.63) is 111 Å². The van der Waals surface area contributed by atoms with Crippen molar-refractivity contribution in [1.29, 1.82) is 0 Å². The van der Waals surface area contributed by atoms with Crippen LogP contribution < -0.4 is 11.3 Å². The Morgan fingerprint density at radius 2 is 1.74 bits per heavy atom. The lowest BCUT2D eigenvalue weighted by atomic mass is 9.99. The smallest absolute Gasteiger partial charge is 0.416 e. The zero-order chi connectivity index (χ0) is 30.2. The highest BCUT2D eigenvalue weighted by atomic mass is 19.4. The van der Waals surface area contributed by atoms with E-state index < -0.39 is 35.1 Å². The van der Waals surface area contributed by atoms with E-state index >= 15 is 0 Å². The minimum atomic E-state index is -4.56. The van der Waals surface area contributed by atoms with Crippen LogP contribution in [-0.2, 0) is 12.7 Å². The Labute approximate surface area is 238 Å². The third-order valence-electron chi connectivity index (χ3n) is 7.07. The van der Waals surface area contributed by atoms with Crippen LogP contribution in [0.4, 0.5) is 17.6 Å². The summed E-state index contributed by atoms with van der Waals surface area (Å²) in [5.74, 6) is -1.22. The molecule has 0 aliphatic rings. The van der Waals surface area contributed by atoms with Crippen LogP contribution >= 0.6 is 0 Å². The van der Waals surface area contributed by atoms with Crippen molar-refractivity contribution in [2.24, 2.45) is 11.7 Å². The molecule has 0 saturated carbocycles. The predicted molar refractivity (Wildman–Crippen MR) is 150 cm³/mol. The van der Waals surface area contributed by atoms with E-state index in [0.717, 1.165) is 29.8 Å². The number of nitrogens with zero attached hydrogens (tertiary/aromatic N) is 3. The molecule has 0 aliphatic carbocycles. The molecule has 2 aromatic heterocycles. The first-order valence-electron chi connectivity index (χ1n) is 13.3. The topological polar surface area (TPSA) is 94.4 Å². The second kappa shape index (κ2) is 11.4. The Balaban J connectivity index is 1.72. The second-order valence-electron chi connectivity index (χ2n) is 10.3. The number of nitrogens with two attached hydrogens (primary N) is 1. The maximum absolute atomic E-state index is 14.2. The van der Waals surface area contributed by atoms with Gasteiger partial charge in [0.1, 0.15) is 22.7 Å². The molecule has 0 radical (unpaired) electrons. The van der Waals surface area contributed by atoms with E-state index in [1.807, 2.05) is 44.2 Å². The lowest BCUT2D eigenvalue weighted by molar-refractivity contribution is -0.137. The molecule has 218 valence electrons. The number of carbonyl (C=O) groups excluding carboxylic acids is 1. The molecule has 11 heteroatoms. The van der Waals surface area contributed by atoms with Gasteiger partial charge in [-0.25, -0.2) is 9.37 Å². The van der Waals surface area contributed by atoms with Crippen LogP contribution in [-0.4, -0.2) is 33.4 Å². The standard InChI is InChI=1S/C31H28F4N4O3/c1-18(2)26(38(15-14-36)29(40)20-8-10-21(11-9-20)31(33,34)35)28-37-25-23-16-22(32)12-13-24(23)42-27(25)30(41)39(28)17-19-6-4-3-5-7-19/h3-13,16,18,26H,14-15,17,36H2,1-2H3/t26-/m1/s1. The molecule has 3 aromatic carbocycles. The number of carbonyl (C=O) groups is 1. The van der Waals surface area contributed by atoms with E-state index in [0.29, 0.717) is 5.39 Å². The molecule has 42 heavy (non-hydrogen) atoms. The molecular weight excluding hydrogens is 552 g/mol. The van der Waals surface area contributed by atoms with Gasteiger partial charge in [-0.05, 0) is 53.9 Å². The summed E-state index contributed by atoms with van der Waals surface area (Å²) in [5.41, 5.74) is 5.69. The summed E-state index contributed by atoms with van der Waals surface area (Å²) in [6.45, 7) is 3.84. The van der Waals surface area contributed by atoms with Gasteiger partial charge in [0.15, 0.2) is 0 Å². The molecule has 0 fully saturated rings. The summed E-state index contributed by atoms with van der Waals surface area (Å²) in [5, 5.41) is 0.303. The molecular formula is C31H28F4N4O3. The Morgan fingerprint density at radius 1 is 1.05 bits per heavy atom. The average molecular weight is 581 g/mol. The van der Waals surface area contributed by atoms with Crippen molar-refractivity contribution in [3.8, 4) is 0 Å². The lowest BCUT2D eigenvalue weighted by Crippen LogP contribution is -2.43. The number of aromatic nitrogens is 2. The highest BCUT2D eigenvalue weighted by molar-refractivity contribution is 6.02. The summed E-state index contributed by atoms with van der Waals surface area (Å²) in [6, 6.07) is 16.1. The SMILES string of the molecule is CC(C)[C@H](c1nc2c(oc3ccc(F)cc32)c(=O)n1Cc1ccccc1)N(CCN)C(=O)c1ccc(C(F)(F)F)cc1. The first kappa shape index (κ1) is 29.0. The molecule has 0 spiro atoms. The fourth-order valence-corrected chi connectivity index (χ4v) is 5.13. The molecule has 0 bridgehead atoms. The van der Waals surface area contributed by atoms with E-state index in [9.17, 15) is 27.2 Å². The van der Waals surface area contributed by atoms with Crippen molar-refractivity contribution < 1.29 is 26.8 Å². The average Bonchev–Trinajstić information content (AvgIpc) is 3.32. The maximum atomic E-state index is 14.2. The summed E-state index contributed by atoms with van der Waals surface area (Å²) >= 11 is 0. The number of rotatable bonds is 8. The van der Waals surface area contributed by atoms with Gasteiger partial charge in [-0.3, -0.25) is 14.2 Å². The number of amides is 1. The first-order valence-corrected chi connectivity index (χ1v) is 13.3. The van der Waals surface area contributed by atoms with Gasteiger partial charge in [0.05, 0.1) is 18.2 Å². The first-order chi connectivity index (χ1) is 20.0. The van der Waals surface area contributed by atoms with E-state index in [1.165, 1.54) is 27.7 Å². The normalized spacial score (nSPS) is 12.8. The summed E-state index contributed by atoms with van der Waals surface area (Å²) < 4.78 is 61.0. The van der Waals surface area contributed by atoms with Gasteiger partial charge in [0.2, 0.25) is 5.58 Å². The molecule has 0 unspecified atom stereocenters. The van der Waals surface area contributed by atoms with Gasteiger partial charge in [-0.2, -0.15) is 13.2 Å². The van der Waals surface area contributed by atoms with Gasteiger partial charge >= 0.3 is 6.18 Å². The number of hydrogen-bond acceptors (Lipinski definition) is 5. The van der Waals surface area contributed by atoms with Crippen molar-refractivity contribution in [2.45, 2.75) is 32.6 Å². The van der Waals surface area contributed by atoms with Crippen molar-refractivity contribution in [3.63, 3.8) is 0 Å². The van der Waals surface area contributed by atoms with Crippen LogP contribution in [0.25, 0.3) is 22.1 Å². The maximum Gasteiger partial charge on any atom is 0.416 e. The van der Waals surface area contributed by atoms with Crippen LogP contribution in [0.3, 0.4) is 0 Å². The van der Waals surface area contributed by atoms with Gasteiger partial charge in [0, 0.05) is 24.0 Å². The zero-order valence-corrected chi connectivity index (χ0v) is 22.9. The number of furan rings is 1. The minimum Gasteiger partial charge on any atom is -0.448 e. The number of hydrogen-bond donors (Lipinski definition) is 1. The van der Waals surface area contributed by atoms with E-state index in [-0.39, 0.29) is 53.6 Å². The van der Waals surface area contributed by atoms with Crippen LogP contribution in [0, 0.1) is 11.7 Å². The number of fused-ring (bicyclic) bond motifs is 3. The minimum absolute atomic E-state index is 0.0240. The molecule has 1 amide bonds. The zero-order valence-electron chi connectivity index (χ0n) is 22.9. The van der Waals surface area contributed by atoms with E-state index in [2.05, 4.69) is 0 Å². The quantitative estimate of drug-likeness (QED) is 0.222. The number of benzene rings is 3. The molecule has 5 aromatic rings. The fourth-order valence-electron chi connectivity index (χ4n) is 5.13. The highest BCUT2D eigenvalue weighted by Crippen LogP contribution is 2.34. The van der Waals surface area contributed by atoms with Crippen LogP contribution in [0.5, 0.6) is 0 Å². The molecule has 2 heterocycles. The van der Waals surface area contributed by atoms with Crippen molar-refractivity contribution in [1.82, 2.24) is 14.5 Å². The summed E-state index contributed by atoms with van der Waals surface area (Å²) in [4.78, 5) is 34.1. The van der Waals surface area contributed by atoms with Crippen molar-refractivity contribution >= 4 is 28.0 Å². The third-order valence-corrected chi connectivity index (χ3v) is 7.07. The summed E-state index contributed by atoms with van der Waals surface area (Å²) in [6.07, 6.45) is -4.56. The Morgan fingerprint density at radius 3 is 2.36 bits per heavy atom. The molecule has 7 nitrogen and oxygen atoms in total. The Kier molecular flexibility index (Phi) is 7.87. The number of alkyl halides is 3. The van der Waals surface area contributed by atoms with Gasteiger partial charge in [0.25, 0.3) is 11.5 Å². The van der Waals surface area contributed by atoms with Crippen LogP contribution in [0.1, 0.15) is 47.2 Å².